The predicted octanol–water partition coefficient (Wildman–Crippen LogP) is 2.40. The minimum absolute atomic E-state index is 0.182. The molecule has 0 aliphatic heterocycles. The molecule has 0 radical (unpaired) electrons. The van der Waals surface area contributed by atoms with E-state index in [-0.39, 0.29) is 5.91 Å². The van der Waals surface area contributed by atoms with Crippen molar-refractivity contribution in [2.24, 2.45) is 5.73 Å². The number of rotatable bonds is 2. The Hall–Kier alpha value is -2.13. The topological polar surface area (TPSA) is 75.4 Å². The maximum atomic E-state index is 11.4. The van der Waals surface area contributed by atoms with Crippen LogP contribution in [0.25, 0.3) is 10.4 Å². The third kappa shape index (κ3) is 2.42. The number of hydrogen-bond donors (Lipinski definition) is 3. The Kier molecular flexibility index (Phi) is 3.75. The maximum absolute atomic E-state index is 11.4. The van der Waals surface area contributed by atoms with Gasteiger partial charge in [0.05, 0.1) is 0 Å². The maximum Gasteiger partial charge on any atom is 0.221 e. The molecule has 1 aromatic carbocycles. The first-order valence-corrected chi connectivity index (χ1v) is 7.79. The number of nitrogens with two attached hydrogens (primary N) is 1. The molecular weight excluding hydrogens is 296 g/mol. The van der Waals surface area contributed by atoms with Crippen LogP contribution in [0.2, 0.25) is 0 Å². The summed E-state index contributed by atoms with van der Waals surface area (Å²) in [5.41, 5.74) is 10.4. The van der Waals surface area contributed by atoms with Crippen molar-refractivity contribution in [1.29, 1.82) is 0 Å². The lowest BCUT2D eigenvalue weighted by Gasteiger charge is -2.18. The van der Waals surface area contributed by atoms with Crippen molar-refractivity contribution >= 4 is 22.2 Å². The van der Waals surface area contributed by atoms with Crippen LogP contribution < -0.4 is 11.1 Å². The van der Waals surface area contributed by atoms with Gasteiger partial charge in [0.1, 0.15) is 11.2 Å². The standard InChI is InChI=1S/C17H16N2O2S/c1-3-10-4-5-11-6-7-12-14(16(18)21)17(19-9(2)20)22-15(12)13(11)8-10/h1,4-5,8,16,21H,6-7,18H2,2H3,(H,19,20). The van der Waals surface area contributed by atoms with E-state index in [0.717, 1.165) is 34.4 Å². The minimum Gasteiger partial charge on any atom is -0.374 e. The van der Waals surface area contributed by atoms with Crippen molar-refractivity contribution in [1.82, 2.24) is 0 Å². The normalized spacial score (nSPS) is 13.7. The van der Waals surface area contributed by atoms with Gasteiger partial charge in [-0.2, -0.15) is 0 Å². The number of aryl methyl sites for hydroxylation is 1. The monoisotopic (exact) mass is 312 g/mol. The summed E-state index contributed by atoms with van der Waals surface area (Å²) in [5.74, 6) is 2.46. The molecule has 1 amide bonds. The fourth-order valence-electron chi connectivity index (χ4n) is 2.86. The van der Waals surface area contributed by atoms with Crippen LogP contribution in [0.1, 0.15) is 35.4 Å². The first-order valence-electron chi connectivity index (χ1n) is 6.98. The van der Waals surface area contributed by atoms with E-state index >= 15 is 0 Å². The number of nitrogens with one attached hydrogen (secondary N) is 1. The highest BCUT2D eigenvalue weighted by atomic mass is 32.1. The van der Waals surface area contributed by atoms with Gasteiger partial charge in [0.25, 0.3) is 0 Å². The second-order valence-corrected chi connectivity index (χ2v) is 6.32. The molecule has 1 atom stereocenters. The zero-order valence-electron chi connectivity index (χ0n) is 12.1. The average molecular weight is 312 g/mol. The third-order valence-electron chi connectivity index (χ3n) is 3.80. The minimum atomic E-state index is -1.11. The van der Waals surface area contributed by atoms with E-state index in [1.807, 2.05) is 18.2 Å². The first kappa shape index (κ1) is 14.8. The van der Waals surface area contributed by atoms with Crippen molar-refractivity contribution in [3.63, 3.8) is 0 Å². The van der Waals surface area contributed by atoms with Crippen LogP contribution in [0, 0.1) is 12.3 Å². The number of terminal acetylenes is 1. The molecular formula is C17H16N2O2S. The van der Waals surface area contributed by atoms with E-state index in [4.69, 9.17) is 12.2 Å². The molecule has 1 aromatic heterocycles. The van der Waals surface area contributed by atoms with Crippen LogP contribution in [0.15, 0.2) is 18.2 Å². The number of thiophene rings is 1. The highest BCUT2D eigenvalue weighted by Gasteiger charge is 2.27. The predicted molar refractivity (Wildman–Crippen MR) is 88.5 cm³/mol. The summed E-state index contributed by atoms with van der Waals surface area (Å²) < 4.78 is 0. The second kappa shape index (κ2) is 5.58. The first-order chi connectivity index (χ1) is 10.5. The molecule has 0 spiro atoms. The van der Waals surface area contributed by atoms with Crippen molar-refractivity contribution in [2.45, 2.75) is 26.0 Å². The number of hydrogen-bond acceptors (Lipinski definition) is 4. The van der Waals surface area contributed by atoms with Crippen LogP contribution in [0.3, 0.4) is 0 Å². The number of fused-ring (bicyclic) bond motifs is 3. The number of anilines is 1. The molecule has 3 rings (SSSR count). The Bertz CT molecular complexity index is 800. The van der Waals surface area contributed by atoms with Gasteiger partial charge in [-0.25, -0.2) is 0 Å². The van der Waals surface area contributed by atoms with Crippen LogP contribution >= 0.6 is 11.3 Å². The molecule has 1 unspecified atom stereocenters. The highest BCUT2D eigenvalue weighted by Crippen LogP contribution is 2.46. The molecule has 1 aliphatic carbocycles. The van der Waals surface area contributed by atoms with Gasteiger partial charge in [-0.1, -0.05) is 12.0 Å². The van der Waals surface area contributed by atoms with Crippen LogP contribution in [-0.4, -0.2) is 11.0 Å². The number of aliphatic hydroxyl groups excluding tert-OH is 1. The van der Waals surface area contributed by atoms with Gasteiger partial charge >= 0.3 is 0 Å². The molecule has 0 bridgehead atoms. The lowest BCUT2D eigenvalue weighted by atomic mass is 9.88. The molecule has 1 heterocycles. The highest BCUT2D eigenvalue weighted by molar-refractivity contribution is 7.20. The van der Waals surface area contributed by atoms with Gasteiger partial charge in [0.2, 0.25) is 5.91 Å². The summed E-state index contributed by atoms with van der Waals surface area (Å²) in [6, 6.07) is 5.96. The Balaban J connectivity index is 2.21. The fourth-order valence-corrected chi connectivity index (χ4v) is 4.25. The summed E-state index contributed by atoms with van der Waals surface area (Å²) in [7, 11) is 0. The smallest absolute Gasteiger partial charge is 0.221 e. The van der Waals surface area contributed by atoms with E-state index in [1.165, 1.54) is 23.8 Å². The van der Waals surface area contributed by atoms with Gasteiger partial charge in [0.15, 0.2) is 0 Å². The number of aliphatic hydroxyl groups is 1. The SMILES string of the molecule is C#Cc1ccc2c(c1)-c1sc(NC(C)=O)c(C(N)O)c1CC2. The fraction of sp³-hybridized carbons (Fsp3) is 0.235. The van der Waals surface area contributed by atoms with E-state index in [9.17, 15) is 9.90 Å². The molecule has 1 aliphatic rings. The van der Waals surface area contributed by atoms with Crippen molar-refractivity contribution in [2.75, 3.05) is 5.32 Å². The molecule has 4 nitrogen and oxygen atoms in total. The Morgan fingerprint density at radius 1 is 1.50 bits per heavy atom. The molecule has 2 aromatic rings. The lowest BCUT2D eigenvalue weighted by Crippen LogP contribution is -2.15. The zero-order valence-corrected chi connectivity index (χ0v) is 13.0. The molecule has 4 N–H and O–H groups in total. The number of amides is 1. The Morgan fingerprint density at radius 2 is 2.27 bits per heavy atom. The number of benzene rings is 1. The summed E-state index contributed by atoms with van der Waals surface area (Å²) in [6.07, 6.45) is 6.03. The Labute approximate surface area is 133 Å². The summed E-state index contributed by atoms with van der Waals surface area (Å²) in [5, 5.41) is 13.3. The van der Waals surface area contributed by atoms with Gasteiger partial charge < -0.3 is 16.2 Å². The van der Waals surface area contributed by atoms with Gasteiger partial charge in [-0.15, -0.1) is 17.8 Å². The van der Waals surface area contributed by atoms with Gasteiger partial charge in [0, 0.05) is 22.9 Å². The molecule has 0 fully saturated rings. The van der Waals surface area contributed by atoms with Crippen LogP contribution in [0.4, 0.5) is 5.00 Å². The largest absolute Gasteiger partial charge is 0.374 e. The zero-order chi connectivity index (χ0) is 15.9. The van der Waals surface area contributed by atoms with Gasteiger partial charge in [-0.3, -0.25) is 4.79 Å². The average Bonchev–Trinajstić information content (AvgIpc) is 2.84. The van der Waals surface area contributed by atoms with E-state index < -0.39 is 6.23 Å². The van der Waals surface area contributed by atoms with Crippen LogP contribution in [0.5, 0.6) is 0 Å². The van der Waals surface area contributed by atoms with Crippen molar-refractivity contribution in [3.8, 4) is 22.8 Å². The van der Waals surface area contributed by atoms with Crippen molar-refractivity contribution < 1.29 is 9.90 Å². The molecule has 5 heteroatoms. The summed E-state index contributed by atoms with van der Waals surface area (Å²) in [6.45, 7) is 1.44. The molecule has 0 saturated heterocycles. The van der Waals surface area contributed by atoms with Crippen molar-refractivity contribution in [3.05, 3.63) is 40.5 Å². The quantitative estimate of drug-likeness (QED) is 0.589. The van der Waals surface area contributed by atoms with Crippen LogP contribution in [-0.2, 0) is 17.6 Å². The molecule has 112 valence electrons. The van der Waals surface area contributed by atoms with E-state index in [2.05, 4.69) is 11.2 Å². The van der Waals surface area contributed by atoms with E-state index in [0.29, 0.717) is 10.6 Å². The number of carbonyl (C=O) groups is 1. The third-order valence-corrected chi connectivity index (χ3v) is 5.00. The number of carbonyl (C=O) groups excluding carboxylic acids is 1. The Morgan fingerprint density at radius 3 is 2.91 bits per heavy atom. The molecule has 22 heavy (non-hydrogen) atoms. The summed E-state index contributed by atoms with van der Waals surface area (Å²) in [4.78, 5) is 12.4. The second-order valence-electron chi connectivity index (χ2n) is 5.29. The lowest BCUT2D eigenvalue weighted by molar-refractivity contribution is -0.114. The van der Waals surface area contributed by atoms with Gasteiger partial charge in [-0.05, 0) is 41.7 Å². The van der Waals surface area contributed by atoms with E-state index in [1.54, 1.807) is 0 Å². The summed E-state index contributed by atoms with van der Waals surface area (Å²) >= 11 is 1.44. The molecule has 0 saturated carbocycles.